The lowest BCUT2D eigenvalue weighted by molar-refractivity contribution is 0.237. The van der Waals surface area contributed by atoms with E-state index in [1.807, 2.05) is 6.92 Å². The molecule has 4 nitrogen and oxygen atoms in total. The van der Waals surface area contributed by atoms with Crippen LogP contribution in [-0.2, 0) is 0 Å². The standard InChI is InChI=1S/C10H10ClN3O/c1-7-3-4-8(5-9(7)11)13-10(15)14(2)6-12/h3-5H,1-2H3,(H,13,15). The SMILES string of the molecule is Cc1ccc(NC(=O)N(C)C#N)cc1Cl. The predicted molar refractivity (Wildman–Crippen MR) is 58.6 cm³/mol. The maximum atomic E-state index is 11.3. The molecule has 2 amide bonds. The van der Waals surface area contributed by atoms with Gasteiger partial charge < -0.3 is 5.32 Å². The third-order valence-electron chi connectivity index (χ3n) is 1.88. The minimum atomic E-state index is -0.489. The molecule has 0 aromatic heterocycles. The quantitative estimate of drug-likeness (QED) is 0.588. The number of benzene rings is 1. The van der Waals surface area contributed by atoms with Crippen LogP contribution in [0.3, 0.4) is 0 Å². The molecule has 0 heterocycles. The maximum Gasteiger partial charge on any atom is 0.334 e. The van der Waals surface area contributed by atoms with Gasteiger partial charge in [-0.1, -0.05) is 17.7 Å². The van der Waals surface area contributed by atoms with E-state index in [0.717, 1.165) is 10.5 Å². The van der Waals surface area contributed by atoms with Crippen molar-refractivity contribution in [3.05, 3.63) is 28.8 Å². The fraction of sp³-hybridized carbons (Fsp3) is 0.200. The monoisotopic (exact) mass is 223 g/mol. The van der Waals surface area contributed by atoms with Crippen molar-refractivity contribution in [1.82, 2.24) is 4.90 Å². The Labute approximate surface area is 93.1 Å². The average molecular weight is 224 g/mol. The summed E-state index contributed by atoms with van der Waals surface area (Å²) >= 11 is 5.88. The highest BCUT2D eigenvalue weighted by atomic mass is 35.5. The number of nitrogens with zero attached hydrogens (tertiary/aromatic N) is 2. The minimum Gasteiger partial charge on any atom is -0.307 e. The molecule has 0 bridgehead atoms. The fourth-order valence-electron chi connectivity index (χ4n) is 0.923. The van der Waals surface area contributed by atoms with Crippen LogP contribution in [0.15, 0.2) is 18.2 Å². The Hall–Kier alpha value is -1.73. The summed E-state index contributed by atoms with van der Waals surface area (Å²) in [5.41, 5.74) is 1.50. The molecular formula is C10H10ClN3O. The van der Waals surface area contributed by atoms with Crippen molar-refractivity contribution in [2.75, 3.05) is 12.4 Å². The molecule has 0 saturated carbocycles. The van der Waals surface area contributed by atoms with Gasteiger partial charge in [-0.3, -0.25) is 0 Å². The van der Waals surface area contributed by atoms with Crippen molar-refractivity contribution in [2.24, 2.45) is 0 Å². The lowest BCUT2D eigenvalue weighted by Crippen LogP contribution is -2.26. The van der Waals surface area contributed by atoms with E-state index >= 15 is 0 Å². The number of nitriles is 1. The Kier molecular flexibility index (Phi) is 3.53. The summed E-state index contributed by atoms with van der Waals surface area (Å²) in [4.78, 5) is 12.2. The van der Waals surface area contributed by atoms with Gasteiger partial charge >= 0.3 is 6.03 Å². The molecule has 1 N–H and O–H groups in total. The van der Waals surface area contributed by atoms with Gasteiger partial charge in [0, 0.05) is 17.8 Å². The summed E-state index contributed by atoms with van der Waals surface area (Å²) < 4.78 is 0. The Morgan fingerprint density at radius 3 is 2.80 bits per heavy atom. The topological polar surface area (TPSA) is 56.1 Å². The molecule has 0 spiro atoms. The van der Waals surface area contributed by atoms with Crippen LogP contribution >= 0.6 is 11.6 Å². The highest BCUT2D eigenvalue weighted by Gasteiger charge is 2.07. The average Bonchev–Trinajstić information content (AvgIpc) is 2.22. The van der Waals surface area contributed by atoms with Gasteiger partial charge in [0.15, 0.2) is 6.19 Å². The Morgan fingerprint density at radius 1 is 1.60 bits per heavy atom. The summed E-state index contributed by atoms with van der Waals surface area (Å²) in [7, 11) is 1.38. The van der Waals surface area contributed by atoms with Crippen molar-refractivity contribution in [1.29, 1.82) is 5.26 Å². The molecule has 0 saturated heterocycles. The first-order valence-corrected chi connectivity index (χ1v) is 4.63. The molecule has 1 aromatic rings. The second-order valence-corrected chi connectivity index (χ2v) is 3.46. The summed E-state index contributed by atoms with van der Waals surface area (Å²) in [6, 6.07) is 4.67. The Balaban J connectivity index is 2.78. The fourth-order valence-corrected chi connectivity index (χ4v) is 1.10. The lowest BCUT2D eigenvalue weighted by atomic mass is 10.2. The molecule has 0 fully saturated rings. The van der Waals surface area contributed by atoms with Crippen LogP contribution in [-0.4, -0.2) is 18.0 Å². The first kappa shape index (κ1) is 11.3. The third-order valence-corrected chi connectivity index (χ3v) is 2.28. The first-order valence-electron chi connectivity index (χ1n) is 4.25. The van der Waals surface area contributed by atoms with E-state index < -0.39 is 6.03 Å². The van der Waals surface area contributed by atoms with Crippen LogP contribution < -0.4 is 5.32 Å². The first-order chi connectivity index (χ1) is 7.04. The van der Waals surface area contributed by atoms with Crippen LogP contribution in [0.4, 0.5) is 10.5 Å². The molecule has 0 atom stereocenters. The van der Waals surface area contributed by atoms with Crippen LogP contribution in [0, 0.1) is 18.4 Å². The van der Waals surface area contributed by atoms with Crippen molar-refractivity contribution >= 4 is 23.3 Å². The molecule has 15 heavy (non-hydrogen) atoms. The molecular weight excluding hydrogens is 214 g/mol. The number of aryl methyl sites for hydroxylation is 1. The second kappa shape index (κ2) is 4.67. The number of halogens is 1. The van der Waals surface area contributed by atoms with Gasteiger partial charge in [-0.15, -0.1) is 0 Å². The Bertz CT molecular complexity index is 425. The molecule has 0 aliphatic rings. The van der Waals surface area contributed by atoms with Gasteiger partial charge in [0.2, 0.25) is 0 Å². The van der Waals surface area contributed by atoms with Crippen molar-refractivity contribution < 1.29 is 4.79 Å². The number of nitrogens with one attached hydrogen (secondary N) is 1. The summed E-state index contributed by atoms with van der Waals surface area (Å²) in [5.74, 6) is 0. The highest BCUT2D eigenvalue weighted by Crippen LogP contribution is 2.19. The molecule has 1 aromatic carbocycles. The third kappa shape index (κ3) is 2.86. The predicted octanol–water partition coefficient (Wildman–Crippen LogP) is 2.59. The van der Waals surface area contributed by atoms with E-state index in [4.69, 9.17) is 16.9 Å². The van der Waals surface area contributed by atoms with Crippen LogP contribution in [0.2, 0.25) is 5.02 Å². The summed E-state index contributed by atoms with van der Waals surface area (Å²) in [6.45, 7) is 1.87. The van der Waals surface area contributed by atoms with Gasteiger partial charge in [-0.2, -0.15) is 5.26 Å². The zero-order valence-corrected chi connectivity index (χ0v) is 9.17. The number of carbonyl (C=O) groups is 1. The number of hydrogen-bond donors (Lipinski definition) is 1. The maximum absolute atomic E-state index is 11.3. The second-order valence-electron chi connectivity index (χ2n) is 3.05. The summed E-state index contributed by atoms with van der Waals surface area (Å²) in [5, 5.41) is 11.6. The molecule has 0 radical (unpaired) electrons. The molecule has 0 aliphatic carbocycles. The van der Waals surface area contributed by atoms with Crippen molar-refractivity contribution in [2.45, 2.75) is 6.92 Å². The van der Waals surface area contributed by atoms with Crippen molar-refractivity contribution in [3.8, 4) is 6.19 Å². The highest BCUT2D eigenvalue weighted by molar-refractivity contribution is 6.31. The van der Waals surface area contributed by atoms with E-state index in [-0.39, 0.29) is 0 Å². The van der Waals surface area contributed by atoms with E-state index in [1.54, 1.807) is 24.4 Å². The molecule has 78 valence electrons. The number of rotatable bonds is 1. The Morgan fingerprint density at radius 2 is 2.27 bits per heavy atom. The van der Waals surface area contributed by atoms with Gasteiger partial charge in [0.05, 0.1) is 0 Å². The molecule has 0 aliphatic heterocycles. The van der Waals surface area contributed by atoms with Gasteiger partial charge in [-0.05, 0) is 24.6 Å². The zero-order valence-electron chi connectivity index (χ0n) is 8.41. The number of carbonyl (C=O) groups excluding carboxylic acids is 1. The van der Waals surface area contributed by atoms with Crippen molar-refractivity contribution in [3.63, 3.8) is 0 Å². The lowest BCUT2D eigenvalue weighted by Gasteiger charge is -2.09. The number of hydrogen-bond acceptors (Lipinski definition) is 2. The van der Waals surface area contributed by atoms with Gasteiger partial charge in [0.25, 0.3) is 0 Å². The summed E-state index contributed by atoms with van der Waals surface area (Å²) in [6.07, 6.45) is 1.70. The molecule has 5 heteroatoms. The molecule has 1 rings (SSSR count). The minimum absolute atomic E-state index is 0.489. The number of amides is 2. The van der Waals surface area contributed by atoms with E-state index in [2.05, 4.69) is 5.32 Å². The van der Waals surface area contributed by atoms with Crippen LogP contribution in [0.5, 0.6) is 0 Å². The normalized spacial score (nSPS) is 9.20. The van der Waals surface area contributed by atoms with Gasteiger partial charge in [0.1, 0.15) is 0 Å². The van der Waals surface area contributed by atoms with E-state index in [9.17, 15) is 4.79 Å². The van der Waals surface area contributed by atoms with Crippen LogP contribution in [0.25, 0.3) is 0 Å². The number of anilines is 1. The van der Waals surface area contributed by atoms with E-state index in [1.165, 1.54) is 7.05 Å². The largest absolute Gasteiger partial charge is 0.334 e. The number of urea groups is 1. The molecule has 0 unspecified atom stereocenters. The zero-order chi connectivity index (χ0) is 11.4. The van der Waals surface area contributed by atoms with E-state index in [0.29, 0.717) is 10.7 Å². The smallest absolute Gasteiger partial charge is 0.307 e. The van der Waals surface area contributed by atoms with Crippen LogP contribution in [0.1, 0.15) is 5.56 Å². The van der Waals surface area contributed by atoms with Gasteiger partial charge in [-0.25, -0.2) is 9.69 Å².